The number of amidine groups is 1. The van der Waals surface area contributed by atoms with E-state index in [0.717, 1.165) is 36.7 Å². The van der Waals surface area contributed by atoms with Gasteiger partial charge in [-0.25, -0.2) is 14.2 Å². The number of aromatic nitrogens is 2. The molecule has 0 spiro atoms. The van der Waals surface area contributed by atoms with Crippen molar-refractivity contribution in [1.82, 2.24) is 14.5 Å². The minimum Gasteiger partial charge on any atom is -0.388 e. The number of likely N-dealkylation sites (tertiary alicyclic amines) is 1. The summed E-state index contributed by atoms with van der Waals surface area (Å²) >= 11 is 0. The van der Waals surface area contributed by atoms with Crippen molar-refractivity contribution >= 4 is 11.7 Å². The van der Waals surface area contributed by atoms with Crippen LogP contribution < -0.4 is 5.69 Å². The smallest absolute Gasteiger partial charge is 0.352 e. The Morgan fingerprint density at radius 2 is 2.00 bits per heavy atom. The van der Waals surface area contributed by atoms with Gasteiger partial charge in [0.15, 0.2) is 17.9 Å². The summed E-state index contributed by atoms with van der Waals surface area (Å²) in [6.45, 7) is 5.03. The summed E-state index contributed by atoms with van der Waals surface area (Å²) in [5.74, 6) is -0.462. The van der Waals surface area contributed by atoms with Crippen LogP contribution in [0.5, 0.6) is 0 Å². The molecular weight excluding hydrogens is 331 g/mol. The molecule has 3 rings (SSSR count). The van der Waals surface area contributed by atoms with Gasteiger partial charge in [0.2, 0.25) is 0 Å². The Morgan fingerprint density at radius 1 is 1.32 bits per heavy atom. The molecule has 9 heteroatoms. The summed E-state index contributed by atoms with van der Waals surface area (Å²) < 4.78 is 20.6. The lowest BCUT2D eigenvalue weighted by molar-refractivity contribution is -0.0355. The van der Waals surface area contributed by atoms with Crippen molar-refractivity contribution in [2.45, 2.75) is 57.6 Å². The zero-order valence-electron chi connectivity index (χ0n) is 14.3. The standard InChI is InChI=1S/C16H23FN4O4/c1-9-12(22)13(23)15(25-9)21-8-11(17)14(19-16(21)24)18-10(2)20-6-4-3-5-7-20/h8-9,12-13,15,22-23H,3-7H2,1-2H3/t9-,12-,13-,15-/m1/s1. The minimum atomic E-state index is -1.33. The molecule has 138 valence electrons. The van der Waals surface area contributed by atoms with Crippen LogP contribution in [-0.2, 0) is 4.74 Å². The normalized spacial score (nSPS) is 30.8. The Labute approximate surface area is 144 Å². The average molecular weight is 354 g/mol. The fourth-order valence-electron chi connectivity index (χ4n) is 3.20. The number of nitrogens with zero attached hydrogens (tertiary/aromatic N) is 4. The van der Waals surface area contributed by atoms with E-state index in [1.807, 2.05) is 4.90 Å². The van der Waals surface area contributed by atoms with Crippen molar-refractivity contribution in [3.63, 3.8) is 0 Å². The van der Waals surface area contributed by atoms with Gasteiger partial charge < -0.3 is 19.8 Å². The lowest BCUT2D eigenvalue weighted by atomic mass is 10.1. The van der Waals surface area contributed by atoms with Crippen LogP contribution in [-0.4, -0.2) is 61.9 Å². The third kappa shape index (κ3) is 3.58. The number of aliphatic imine (C=N–C) groups is 1. The fraction of sp³-hybridized carbons (Fsp3) is 0.688. The van der Waals surface area contributed by atoms with E-state index in [0.29, 0.717) is 5.84 Å². The van der Waals surface area contributed by atoms with Gasteiger partial charge in [-0.2, -0.15) is 4.98 Å². The Bertz CT molecular complexity index is 717. The Balaban J connectivity index is 1.87. The second-order valence-corrected chi connectivity index (χ2v) is 6.52. The molecule has 8 nitrogen and oxygen atoms in total. The topological polar surface area (TPSA) is 100 Å². The van der Waals surface area contributed by atoms with Crippen LogP contribution in [0.3, 0.4) is 0 Å². The van der Waals surface area contributed by atoms with Gasteiger partial charge in [0.1, 0.15) is 18.0 Å². The minimum absolute atomic E-state index is 0.287. The number of rotatable bonds is 2. The van der Waals surface area contributed by atoms with Gasteiger partial charge in [-0.15, -0.1) is 0 Å². The number of aliphatic hydroxyl groups excluding tert-OH is 2. The van der Waals surface area contributed by atoms with Crippen LogP contribution in [0.2, 0.25) is 0 Å². The van der Waals surface area contributed by atoms with Crippen molar-refractivity contribution in [2.75, 3.05) is 13.1 Å². The van der Waals surface area contributed by atoms with Crippen LogP contribution in [0, 0.1) is 5.82 Å². The first-order valence-corrected chi connectivity index (χ1v) is 8.49. The van der Waals surface area contributed by atoms with Gasteiger partial charge >= 0.3 is 5.69 Å². The quantitative estimate of drug-likeness (QED) is 0.595. The van der Waals surface area contributed by atoms with E-state index in [9.17, 15) is 19.4 Å². The molecule has 0 aliphatic carbocycles. The Morgan fingerprint density at radius 3 is 2.60 bits per heavy atom. The van der Waals surface area contributed by atoms with E-state index in [4.69, 9.17) is 4.74 Å². The monoisotopic (exact) mass is 354 g/mol. The molecule has 2 aliphatic heterocycles. The van der Waals surface area contributed by atoms with Gasteiger partial charge in [0, 0.05) is 13.1 Å². The largest absolute Gasteiger partial charge is 0.388 e. The van der Waals surface area contributed by atoms with Crippen LogP contribution >= 0.6 is 0 Å². The fourth-order valence-corrected chi connectivity index (χ4v) is 3.20. The molecule has 1 aromatic heterocycles. The van der Waals surface area contributed by atoms with Crippen molar-refractivity contribution in [2.24, 2.45) is 4.99 Å². The van der Waals surface area contributed by atoms with Crippen molar-refractivity contribution < 1.29 is 19.3 Å². The van der Waals surface area contributed by atoms with Gasteiger partial charge in [0.25, 0.3) is 0 Å². The predicted octanol–water partition coefficient (Wildman–Crippen LogP) is 0.557. The first-order chi connectivity index (χ1) is 11.9. The molecular formula is C16H23FN4O4. The third-order valence-electron chi connectivity index (χ3n) is 4.72. The van der Waals surface area contributed by atoms with Gasteiger partial charge in [-0.1, -0.05) is 0 Å². The summed E-state index contributed by atoms with van der Waals surface area (Å²) in [4.78, 5) is 22.1. The number of hydrogen-bond acceptors (Lipinski definition) is 6. The summed E-state index contributed by atoms with van der Waals surface area (Å²) in [7, 11) is 0. The van der Waals surface area contributed by atoms with Crippen molar-refractivity contribution in [3.05, 3.63) is 22.5 Å². The summed E-state index contributed by atoms with van der Waals surface area (Å²) in [5.41, 5.74) is -0.794. The predicted molar refractivity (Wildman–Crippen MR) is 88.2 cm³/mol. The lowest BCUT2D eigenvalue weighted by Gasteiger charge is -2.28. The lowest BCUT2D eigenvalue weighted by Crippen LogP contribution is -2.36. The number of ether oxygens (including phenoxy) is 1. The number of aliphatic hydroxyl groups is 2. The molecule has 0 amide bonds. The molecule has 3 heterocycles. The van der Waals surface area contributed by atoms with Crippen molar-refractivity contribution in [1.29, 1.82) is 0 Å². The summed E-state index contributed by atoms with van der Waals surface area (Å²) in [6, 6.07) is 0. The molecule has 0 unspecified atom stereocenters. The molecule has 2 fully saturated rings. The van der Waals surface area contributed by atoms with E-state index in [1.54, 1.807) is 13.8 Å². The third-order valence-corrected chi connectivity index (χ3v) is 4.72. The highest BCUT2D eigenvalue weighted by Gasteiger charge is 2.42. The maximum atomic E-state index is 14.4. The molecule has 2 N–H and O–H groups in total. The van der Waals surface area contributed by atoms with Gasteiger partial charge in [-0.05, 0) is 33.1 Å². The molecule has 0 bridgehead atoms. The van der Waals surface area contributed by atoms with Gasteiger partial charge in [-0.3, -0.25) is 4.57 Å². The molecule has 0 aromatic carbocycles. The number of halogens is 1. The SMILES string of the molecule is CC(=Nc1nc(=O)n([C@@H]2O[C@H](C)[C@@H](O)[C@H]2O)cc1F)N1CCCCC1. The number of hydrogen-bond donors (Lipinski definition) is 2. The van der Waals surface area contributed by atoms with Crippen LogP contribution in [0.4, 0.5) is 10.2 Å². The average Bonchev–Trinajstić information content (AvgIpc) is 2.86. The first-order valence-electron chi connectivity index (χ1n) is 8.49. The van der Waals surface area contributed by atoms with E-state index < -0.39 is 36.0 Å². The van der Waals surface area contributed by atoms with E-state index in [-0.39, 0.29) is 5.82 Å². The first kappa shape index (κ1) is 18.0. The second-order valence-electron chi connectivity index (χ2n) is 6.52. The van der Waals surface area contributed by atoms with Crippen LogP contribution in [0.1, 0.15) is 39.3 Å². The van der Waals surface area contributed by atoms with Crippen molar-refractivity contribution in [3.8, 4) is 0 Å². The summed E-state index contributed by atoms with van der Waals surface area (Å²) in [5, 5.41) is 19.7. The maximum absolute atomic E-state index is 14.4. The molecule has 1 aromatic rings. The number of piperidine rings is 1. The molecule has 2 aliphatic rings. The highest BCUT2D eigenvalue weighted by Crippen LogP contribution is 2.28. The molecule has 0 radical (unpaired) electrons. The summed E-state index contributed by atoms with van der Waals surface area (Å²) in [6.07, 6.45) is -0.146. The van der Waals surface area contributed by atoms with E-state index in [2.05, 4.69) is 9.98 Å². The van der Waals surface area contributed by atoms with Gasteiger partial charge in [0.05, 0.1) is 12.3 Å². The van der Waals surface area contributed by atoms with E-state index in [1.165, 1.54) is 6.42 Å². The van der Waals surface area contributed by atoms with E-state index >= 15 is 0 Å². The Hall–Kier alpha value is -1.84. The zero-order valence-corrected chi connectivity index (χ0v) is 14.3. The molecule has 25 heavy (non-hydrogen) atoms. The maximum Gasteiger partial charge on any atom is 0.352 e. The molecule has 0 saturated carbocycles. The zero-order chi connectivity index (χ0) is 18.1. The highest BCUT2D eigenvalue weighted by atomic mass is 19.1. The molecule has 4 atom stereocenters. The second kappa shape index (κ2) is 7.19. The van der Waals surface area contributed by atoms with Crippen LogP contribution in [0.15, 0.2) is 16.0 Å². The van der Waals surface area contributed by atoms with Crippen LogP contribution in [0.25, 0.3) is 0 Å². The highest BCUT2D eigenvalue weighted by molar-refractivity contribution is 5.82. The Kier molecular flexibility index (Phi) is 5.16. The molecule has 2 saturated heterocycles.